The van der Waals surface area contributed by atoms with E-state index >= 15 is 0 Å². The van der Waals surface area contributed by atoms with Gasteiger partial charge in [0, 0.05) is 25.2 Å². The van der Waals surface area contributed by atoms with Gasteiger partial charge in [-0.25, -0.2) is 0 Å². The summed E-state index contributed by atoms with van der Waals surface area (Å²) in [4.78, 5) is 10.6. The smallest absolute Gasteiger partial charge is 0.303 e. The van der Waals surface area contributed by atoms with Crippen molar-refractivity contribution in [2.45, 2.75) is 95.5 Å². The molecule has 1 aliphatic carbocycles. The van der Waals surface area contributed by atoms with Crippen LogP contribution in [0.1, 0.15) is 77.6 Å². The van der Waals surface area contributed by atoms with Gasteiger partial charge in [-0.15, -0.1) is 0 Å². The van der Waals surface area contributed by atoms with E-state index in [9.17, 15) is 15.0 Å². The normalized spacial score (nSPS) is 29.7. The number of carboxylic acid groups (broad SMARTS) is 1. The van der Waals surface area contributed by atoms with Gasteiger partial charge in [-0.05, 0) is 31.3 Å². The zero-order valence-electron chi connectivity index (χ0n) is 17.2. The topological polar surface area (TPSA) is 96.2 Å². The summed E-state index contributed by atoms with van der Waals surface area (Å²) < 4.78 is 11.8. The molecule has 6 heteroatoms. The molecule has 0 aromatic rings. The van der Waals surface area contributed by atoms with E-state index in [2.05, 4.69) is 6.92 Å². The van der Waals surface area contributed by atoms with Crippen LogP contribution in [0.4, 0.5) is 0 Å². The highest BCUT2D eigenvalue weighted by Crippen LogP contribution is 2.38. The lowest BCUT2D eigenvalue weighted by atomic mass is 9.87. The zero-order chi connectivity index (χ0) is 20.4. The van der Waals surface area contributed by atoms with Gasteiger partial charge < -0.3 is 24.8 Å². The fourth-order valence-electron chi connectivity index (χ4n) is 4.46. The number of unbranched alkanes of at least 4 members (excludes halogenated alkanes) is 5. The summed E-state index contributed by atoms with van der Waals surface area (Å²) in [5.41, 5.74) is 0. The van der Waals surface area contributed by atoms with Crippen LogP contribution in [0.5, 0.6) is 0 Å². The van der Waals surface area contributed by atoms with Crippen LogP contribution in [0.2, 0.25) is 0 Å². The predicted molar refractivity (Wildman–Crippen MR) is 107 cm³/mol. The molecule has 162 valence electrons. The Morgan fingerprint density at radius 3 is 2.43 bits per heavy atom. The largest absolute Gasteiger partial charge is 0.481 e. The average molecular weight is 399 g/mol. The molecule has 28 heavy (non-hydrogen) atoms. The second-order valence-corrected chi connectivity index (χ2v) is 8.28. The molecule has 0 aromatic carbocycles. The van der Waals surface area contributed by atoms with Crippen molar-refractivity contribution in [3.63, 3.8) is 0 Å². The Labute approximate surface area is 168 Å². The van der Waals surface area contributed by atoms with E-state index in [1.165, 1.54) is 0 Å². The van der Waals surface area contributed by atoms with Gasteiger partial charge in [-0.2, -0.15) is 0 Å². The molecule has 1 saturated carbocycles. The van der Waals surface area contributed by atoms with Crippen LogP contribution in [-0.2, 0) is 14.3 Å². The van der Waals surface area contributed by atoms with Gasteiger partial charge in [0.1, 0.15) is 0 Å². The van der Waals surface area contributed by atoms with E-state index < -0.39 is 24.0 Å². The van der Waals surface area contributed by atoms with E-state index in [0.29, 0.717) is 26.1 Å². The lowest BCUT2D eigenvalue weighted by Gasteiger charge is -2.26. The number of hydrogen-bond acceptors (Lipinski definition) is 5. The van der Waals surface area contributed by atoms with Crippen molar-refractivity contribution in [2.24, 2.45) is 11.8 Å². The second-order valence-electron chi connectivity index (χ2n) is 8.28. The Bertz CT molecular complexity index is 485. The molecule has 0 radical (unpaired) electrons. The lowest BCUT2D eigenvalue weighted by molar-refractivity contribution is -0.137. The van der Waals surface area contributed by atoms with Crippen LogP contribution < -0.4 is 0 Å². The first-order valence-corrected chi connectivity index (χ1v) is 11.0. The van der Waals surface area contributed by atoms with Crippen molar-refractivity contribution in [2.75, 3.05) is 13.2 Å². The van der Waals surface area contributed by atoms with Crippen LogP contribution in [0.3, 0.4) is 0 Å². The molecule has 0 amide bonds. The van der Waals surface area contributed by atoms with E-state index in [1.807, 2.05) is 12.2 Å². The number of hydrogen-bond donors (Lipinski definition) is 3. The minimum absolute atomic E-state index is 0.0276. The second kappa shape index (κ2) is 11.9. The summed E-state index contributed by atoms with van der Waals surface area (Å²) in [6.07, 6.45) is 12.0. The first-order chi connectivity index (χ1) is 13.5. The molecule has 4 atom stereocenters. The number of aliphatic hydroxyl groups is 2. The van der Waals surface area contributed by atoms with Gasteiger partial charge in [0.15, 0.2) is 5.79 Å². The molecular weight excluding hydrogens is 360 g/mol. The summed E-state index contributed by atoms with van der Waals surface area (Å²) in [6.45, 7) is 3.35. The van der Waals surface area contributed by atoms with Gasteiger partial charge in [-0.3, -0.25) is 4.79 Å². The third-order valence-corrected chi connectivity index (χ3v) is 6.07. The fourth-order valence-corrected chi connectivity index (χ4v) is 4.46. The van der Waals surface area contributed by atoms with E-state index in [4.69, 9.17) is 14.6 Å². The number of carboxylic acids is 1. The van der Waals surface area contributed by atoms with Gasteiger partial charge in [0.05, 0.1) is 25.4 Å². The Kier molecular flexibility index (Phi) is 9.92. The molecule has 6 nitrogen and oxygen atoms in total. The SMILES string of the molecule is CCCCCC1(C=C[C@@H]2[C@@H](CCCCCCC(=O)O)[C@@H](O)C[C@H]2O)OCCO1. The molecular formula is C22H38O6. The van der Waals surface area contributed by atoms with Crippen LogP contribution in [-0.4, -0.2) is 52.5 Å². The molecule has 0 spiro atoms. The quantitative estimate of drug-likeness (QED) is 0.324. The van der Waals surface area contributed by atoms with Crippen molar-refractivity contribution in [3.05, 3.63) is 12.2 Å². The van der Waals surface area contributed by atoms with Crippen molar-refractivity contribution >= 4 is 5.97 Å². The minimum atomic E-state index is -0.747. The highest BCUT2D eigenvalue weighted by molar-refractivity contribution is 5.66. The van der Waals surface area contributed by atoms with Crippen molar-refractivity contribution < 1.29 is 29.6 Å². The zero-order valence-corrected chi connectivity index (χ0v) is 17.2. The standard InChI is InChI=1S/C22H38O6/c1-2-3-8-12-22(27-14-15-28-22)13-11-18-17(19(23)16-20(18)24)9-6-4-5-7-10-21(25)26/h11,13,17-20,23-24H,2-10,12,14-16H2,1H3,(H,25,26)/t17-,18-,19+,20-/m1/s1. The van der Waals surface area contributed by atoms with Crippen molar-refractivity contribution in [3.8, 4) is 0 Å². The van der Waals surface area contributed by atoms with Crippen LogP contribution >= 0.6 is 0 Å². The Hall–Kier alpha value is -0.950. The van der Waals surface area contributed by atoms with Crippen LogP contribution in [0.25, 0.3) is 0 Å². The van der Waals surface area contributed by atoms with Crippen molar-refractivity contribution in [1.29, 1.82) is 0 Å². The fraction of sp³-hybridized carbons (Fsp3) is 0.864. The molecule has 2 fully saturated rings. The maximum Gasteiger partial charge on any atom is 0.303 e. The predicted octanol–water partition coefficient (Wildman–Crippen LogP) is 3.65. The highest BCUT2D eigenvalue weighted by Gasteiger charge is 2.41. The van der Waals surface area contributed by atoms with Crippen LogP contribution in [0.15, 0.2) is 12.2 Å². The molecule has 0 unspecified atom stereocenters. The summed E-state index contributed by atoms with van der Waals surface area (Å²) >= 11 is 0. The monoisotopic (exact) mass is 398 g/mol. The molecule has 0 aromatic heterocycles. The van der Waals surface area contributed by atoms with Gasteiger partial charge in [0.2, 0.25) is 0 Å². The molecule has 1 saturated heterocycles. The summed E-state index contributed by atoms with van der Waals surface area (Å²) in [6, 6.07) is 0. The number of rotatable bonds is 13. The molecule has 1 heterocycles. The molecule has 2 aliphatic rings. The number of aliphatic hydroxyl groups excluding tert-OH is 2. The number of carbonyl (C=O) groups is 1. The number of ether oxygens (including phenoxy) is 2. The Morgan fingerprint density at radius 1 is 1.04 bits per heavy atom. The average Bonchev–Trinajstić information content (AvgIpc) is 3.21. The van der Waals surface area contributed by atoms with Crippen molar-refractivity contribution in [1.82, 2.24) is 0 Å². The van der Waals surface area contributed by atoms with Crippen LogP contribution in [0, 0.1) is 11.8 Å². The lowest BCUT2D eigenvalue weighted by Crippen LogP contribution is -2.28. The third-order valence-electron chi connectivity index (χ3n) is 6.07. The first-order valence-electron chi connectivity index (χ1n) is 11.0. The van der Waals surface area contributed by atoms with Gasteiger partial charge >= 0.3 is 5.97 Å². The van der Waals surface area contributed by atoms with E-state index in [1.54, 1.807) is 0 Å². The third kappa shape index (κ3) is 7.14. The van der Waals surface area contributed by atoms with Gasteiger partial charge in [0.25, 0.3) is 0 Å². The van der Waals surface area contributed by atoms with E-state index in [-0.39, 0.29) is 18.3 Å². The highest BCUT2D eigenvalue weighted by atomic mass is 16.7. The molecule has 2 rings (SSSR count). The Morgan fingerprint density at radius 2 is 1.75 bits per heavy atom. The molecule has 0 bridgehead atoms. The summed E-state index contributed by atoms with van der Waals surface area (Å²) in [5.74, 6) is -1.49. The Balaban J connectivity index is 1.87. The maximum atomic E-state index is 10.6. The summed E-state index contributed by atoms with van der Waals surface area (Å²) in [5, 5.41) is 29.5. The summed E-state index contributed by atoms with van der Waals surface area (Å²) in [7, 11) is 0. The van der Waals surface area contributed by atoms with E-state index in [0.717, 1.165) is 51.4 Å². The first kappa shape index (κ1) is 23.3. The van der Waals surface area contributed by atoms with Gasteiger partial charge in [-0.1, -0.05) is 45.1 Å². The molecule has 3 N–H and O–H groups in total. The molecule has 1 aliphatic heterocycles. The minimum Gasteiger partial charge on any atom is -0.481 e. The number of aliphatic carboxylic acids is 1. The maximum absolute atomic E-state index is 10.6.